The Balaban J connectivity index is 1.31. The number of nitrogens with one attached hydrogen (secondary N) is 1. The minimum absolute atomic E-state index is 0.370. The summed E-state index contributed by atoms with van der Waals surface area (Å²) in [5, 5.41) is 3.09. The molecule has 1 aromatic heterocycles. The average molecular weight is 353 g/mol. The Morgan fingerprint density at radius 2 is 1.92 bits per heavy atom. The third-order valence-corrected chi connectivity index (χ3v) is 4.37. The van der Waals surface area contributed by atoms with Gasteiger partial charge in [-0.15, -0.1) is 0 Å². The van der Waals surface area contributed by atoms with E-state index in [4.69, 9.17) is 15.2 Å². The maximum atomic E-state index is 5.98. The van der Waals surface area contributed by atoms with Crippen molar-refractivity contribution in [1.29, 1.82) is 0 Å². The smallest absolute Gasteiger partial charge is 0.193 e. The van der Waals surface area contributed by atoms with Crippen molar-refractivity contribution in [2.45, 2.75) is 31.6 Å². The van der Waals surface area contributed by atoms with Crippen molar-refractivity contribution in [2.24, 2.45) is 10.7 Å². The number of fused-ring (bicyclic) bond motifs is 1. The minimum Gasteiger partial charge on any atom is -0.490 e. The van der Waals surface area contributed by atoms with E-state index in [0.717, 1.165) is 41.4 Å². The molecule has 1 aliphatic carbocycles. The molecule has 0 radical (unpaired) electrons. The van der Waals surface area contributed by atoms with Gasteiger partial charge in [0.1, 0.15) is 5.82 Å². The van der Waals surface area contributed by atoms with Gasteiger partial charge in [0.05, 0.1) is 13.2 Å². The molecule has 7 nitrogen and oxygen atoms in total. The highest BCUT2D eigenvalue weighted by Crippen LogP contribution is 2.37. The number of hydrogen-bond acceptors (Lipinski definition) is 5. The Kier molecular flexibility index (Phi) is 4.86. The largest absolute Gasteiger partial charge is 0.490 e. The summed E-state index contributed by atoms with van der Waals surface area (Å²) in [4.78, 5) is 13.2. The summed E-state index contributed by atoms with van der Waals surface area (Å²) in [6.07, 6.45) is 7.85. The van der Waals surface area contributed by atoms with Crippen LogP contribution in [0.2, 0.25) is 0 Å². The topological polar surface area (TPSA) is 94.7 Å². The number of rotatable bonds is 5. The third kappa shape index (κ3) is 4.22. The van der Waals surface area contributed by atoms with Gasteiger partial charge < -0.3 is 20.5 Å². The second-order valence-corrected chi connectivity index (χ2v) is 6.58. The number of nitrogens with two attached hydrogens (primary N) is 1. The summed E-state index contributed by atoms with van der Waals surface area (Å²) in [6.45, 7) is 1.91. The van der Waals surface area contributed by atoms with Crippen molar-refractivity contribution in [3.05, 3.63) is 42.0 Å². The summed E-state index contributed by atoms with van der Waals surface area (Å²) < 4.78 is 11.3. The van der Waals surface area contributed by atoms with E-state index in [1.54, 1.807) is 0 Å². The van der Waals surface area contributed by atoms with E-state index < -0.39 is 0 Å². The Morgan fingerprint density at radius 1 is 1.15 bits per heavy atom. The molecule has 2 aliphatic rings. The first-order valence-electron chi connectivity index (χ1n) is 9.05. The van der Waals surface area contributed by atoms with Gasteiger partial charge in [0, 0.05) is 43.0 Å². The van der Waals surface area contributed by atoms with Crippen LogP contribution in [0, 0.1) is 0 Å². The highest BCUT2D eigenvalue weighted by Gasteiger charge is 2.25. The van der Waals surface area contributed by atoms with E-state index >= 15 is 0 Å². The van der Waals surface area contributed by atoms with Gasteiger partial charge in [0.15, 0.2) is 17.5 Å². The number of hydrogen-bond donors (Lipinski definition) is 2. The molecule has 2 heterocycles. The fraction of sp³-hybridized carbons (Fsp3) is 0.421. The monoisotopic (exact) mass is 353 g/mol. The van der Waals surface area contributed by atoms with Gasteiger partial charge in [-0.1, -0.05) is 0 Å². The molecule has 0 spiro atoms. The molecule has 0 saturated heterocycles. The first kappa shape index (κ1) is 16.6. The quantitative estimate of drug-likeness (QED) is 0.633. The van der Waals surface area contributed by atoms with Crippen molar-refractivity contribution < 1.29 is 9.47 Å². The van der Waals surface area contributed by atoms with E-state index in [2.05, 4.69) is 20.3 Å². The van der Waals surface area contributed by atoms with Crippen LogP contribution < -0.4 is 20.5 Å². The molecule has 0 bridgehead atoms. The van der Waals surface area contributed by atoms with Crippen LogP contribution in [0.15, 0.2) is 35.6 Å². The zero-order chi connectivity index (χ0) is 17.8. The Morgan fingerprint density at radius 3 is 2.69 bits per heavy atom. The molecule has 136 valence electrons. The first-order valence-corrected chi connectivity index (χ1v) is 9.05. The van der Waals surface area contributed by atoms with Crippen molar-refractivity contribution in [3.8, 4) is 11.5 Å². The van der Waals surface area contributed by atoms with E-state index in [1.807, 2.05) is 30.6 Å². The number of ether oxygens (including phenoxy) is 2. The summed E-state index contributed by atoms with van der Waals surface area (Å²) in [5.74, 6) is 3.41. The van der Waals surface area contributed by atoms with E-state index in [1.165, 1.54) is 12.8 Å². The lowest BCUT2D eigenvalue weighted by molar-refractivity contribution is 0.297. The molecule has 7 heteroatoms. The molecule has 0 unspecified atom stereocenters. The van der Waals surface area contributed by atoms with Gasteiger partial charge in [-0.05, 0) is 37.0 Å². The predicted molar refractivity (Wildman–Crippen MR) is 99.9 cm³/mol. The molecule has 3 N–H and O–H groups in total. The molecule has 1 fully saturated rings. The second-order valence-electron chi connectivity index (χ2n) is 6.58. The van der Waals surface area contributed by atoms with Gasteiger partial charge in [0.2, 0.25) is 0 Å². The Hall–Kier alpha value is -2.83. The summed E-state index contributed by atoms with van der Waals surface area (Å²) in [6, 6.07) is 5.67. The summed E-state index contributed by atoms with van der Waals surface area (Å²) in [7, 11) is 0. The van der Waals surface area contributed by atoms with Crippen LogP contribution >= 0.6 is 0 Å². The molecular weight excluding hydrogens is 330 g/mol. The second kappa shape index (κ2) is 7.59. The molecule has 26 heavy (non-hydrogen) atoms. The normalized spacial score (nSPS) is 16.8. The molecular formula is C19H23N5O2. The number of benzene rings is 1. The number of guanidine groups is 1. The molecule has 1 saturated carbocycles. The van der Waals surface area contributed by atoms with Crippen LogP contribution in [0.25, 0.3) is 0 Å². The van der Waals surface area contributed by atoms with Crippen LogP contribution in [-0.2, 0) is 6.42 Å². The highest BCUT2D eigenvalue weighted by molar-refractivity contribution is 5.92. The maximum absolute atomic E-state index is 5.98. The fourth-order valence-corrected chi connectivity index (χ4v) is 2.78. The van der Waals surface area contributed by atoms with Gasteiger partial charge in [-0.2, -0.15) is 0 Å². The maximum Gasteiger partial charge on any atom is 0.193 e. The van der Waals surface area contributed by atoms with Gasteiger partial charge in [0.25, 0.3) is 0 Å². The minimum atomic E-state index is 0.370. The zero-order valence-electron chi connectivity index (χ0n) is 14.6. The van der Waals surface area contributed by atoms with Crippen molar-refractivity contribution in [2.75, 3.05) is 25.1 Å². The van der Waals surface area contributed by atoms with Crippen LogP contribution in [0.1, 0.15) is 36.6 Å². The van der Waals surface area contributed by atoms with Crippen LogP contribution in [0.4, 0.5) is 5.69 Å². The van der Waals surface area contributed by atoms with Crippen molar-refractivity contribution >= 4 is 11.6 Å². The molecule has 1 aromatic carbocycles. The van der Waals surface area contributed by atoms with Crippen LogP contribution in [0.5, 0.6) is 11.5 Å². The molecule has 1 aliphatic heterocycles. The molecule has 2 aromatic rings. The Bertz CT molecular complexity index is 787. The number of aromatic nitrogens is 2. The van der Waals surface area contributed by atoms with Crippen LogP contribution in [-0.4, -0.2) is 35.7 Å². The Labute approximate surface area is 152 Å². The molecule has 4 rings (SSSR count). The summed E-state index contributed by atoms with van der Waals surface area (Å²) >= 11 is 0. The van der Waals surface area contributed by atoms with Crippen LogP contribution in [0.3, 0.4) is 0 Å². The lowest BCUT2D eigenvalue weighted by Gasteiger charge is -2.10. The van der Waals surface area contributed by atoms with Crippen molar-refractivity contribution in [3.63, 3.8) is 0 Å². The van der Waals surface area contributed by atoms with Gasteiger partial charge in [-0.3, -0.25) is 4.99 Å². The SMILES string of the molecule is NC(=NCCc1cnc(C2CC2)nc1)Nc1ccc2c(c1)OCCCO2. The predicted octanol–water partition coefficient (Wildman–Crippen LogP) is 2.48. The van der Waals surface area contributed by atoms with Gasteiger partial charge >= 0.3 is 0 Å². The fourth-order valence-electron chi connectivity index (χ4n) is 2.78. The lowest BCUT2D eigenvalue weighted by Crippen LogP contribution is -2.23. The molecule has 0 atom stereocenters. The third-order valence-electron chi connectivity index (χ3n) is 4.37. The van der Waals surface area contributed by atoms with Crippen molar-refractivity contribution in [1.82, 2.24) is 9.97 Å². The average Bonchev–Trinajstić information content (AvgIpc) is 3.49. The highest BCUT2D eigenvalue weighted by atomic mass is 16.5. The standard InChI is InChI=1S/C19H23N5O2/c20-19(21-7-6-13-11-22-18(23-12-13)14-2-3-14)24-15-4-5-16-17(10-15)26-9-1-8-25-16/h4-5,10-12,14H,1-3,6-9H2,(H3,20,21,24). The number of aliphatic imine (C=N–C) groups is 1. The lowest BCUT2D eigenvalue weighted by atomic mass is 10.2. The zero-order valence-corrected chi connectivity index (χ0v) is 14.6. The number of nitrogens with zero attached hydrogens (tertiary/aromatic N) is 3. The van der Waals surface area contributed by atoms with Gasteiger partial charge in [-0.25, -0.2) is 9.97 Å². The summed E-state index contributed by atoms with van der Waals surface area (Å²) in [5.41, 5.74) is 7.88. The number of anilines is 1. The molecule has 0 amide bonds. The van der Waals surface area contributed by atoms with E-state index in [-0.39, 0.29) is 0 Å². The first-order chi connectivity index (χ1) is 12.8. The van der Waals surface area contributed by atoms with E-state index in [0.29, 0.717) is 31.6 Å². The van der Waals surface area contributed by atoms with E-state index in [9.17, 15) is 0 Å².